The Bertz CT molecular complexity index is 366. The van der Waals surface area contributed by atoms with Crippen molar-refractivity contribution in [1.82, 2.24) is 10.2 Å². The number of hydrogen-bond acceptors (Lipinski definition) is 3. The normalized spacial score (nSPS) is 9.85. The number of H-pyrrole nitrogens is 1. The van der Waals surface area contributed by atoms with Crippen molar-refractivity contribution in [1.29, 1.82) is 0 Å². The van der Waals surface area contributed by atoms with E-state index in [2.05, 4.69) is 15.5 Å². The highest BCUT2D eigenvalue weighted by atomic mass is 16.3. The Morgan fingerprint density at radius 2 is 1.92 bits per heavy atom. The molecule has 0 atom stereocenters. The topological polar surface area (TPSA) is 60.9 Å². The van der Waals surface area contributed by atoms with Crippen molar-refractivity contribution in [2.45, 2.75) is 0 Å². The molecular weight excluding hydrogens is 166 g/mol. The van der Waals surface area contributed by atoms with E-state index in [9.17, 15) is 0 Å². The van der Waals surface area contributed by atoms with Gasteiger partial charge >= 0.3 is 0 Å². The number of aromatic amines is 1. The van der Waals surface area contributed by atoms with Gasteiger partial charge in [0.05, 0.1) is 6.20 Å². The van der Waals surface area contributed by atoms with Crippen LogP contribution in [0.3, 0.4) is 0 Å². The minimum Gasteiger partial charge on any atom is -0.508 e. The molecule has 3 N–H and O–H groups in total. The van der Waals surface area contributed by atoms with Gasteiger partial charge in [0.25, 0.3) is 0 Å². The molecule has 0 saturated heterocycles. The molecule has 0 bridgehead atoms. The minimum absolute atomic E-state index is 0.259. The van der Waals surface area contributed by atoms with Crippen molar-refractivity contribution < 1.29 is 5.11 Å². The van der Waals surface area contributed by atoms with E-state index in [1.807, 2.05) is 6.07 Å². The quantitative estimate of drug-likeness (QED) is 0.610. The number of hydrogen-bond donors (Lipinski definition) is 3. The van der Waals surface area contributed by atoms with Gasteiger partial charge in [-0.1, -0.05) is 0 Å². The molecule has 0 fully saturated rings. The number of benzene rings is 1. The van der Waals surface area contributed by atoms with Crippen LogP contribution in [0.1, 0.15) is 0 Å². The van der Waals surface area contributed by atoms with Gasteiger partial charge in [-0.15, -0.1) is 0 Å². The first-order chi connectivity index (χ1) is 6.34. The van der Waals surface area contributed by atoms with Gasteiger partial charge in [0.1, 0.15) is 11.6 Å². The largest absolute Gasteiger partial charge is 0.508 e. The third-order valence-electron chi connectivity index (χ3n) is 1.65. The molecule has 1 aromatic carbocycles. The average Bonchev–Trinajstić information content (AvgIpc) is 2.62. The summed E-state index contributed by atoms with van der Waals surface area (Å²) in [4.78, 5) is 0. The van der Waals surface area contributed by atoms with Crippen LogP contribution in [-0.2, 0) is 0 Å². The molecule has 1 heterocycles. The van der Waals surface area contributed by atoms with E-state index in [4.69, 9.17) is 5.11 Å². The molecule has 1 aromatic heterocycles. The Morgan fingerprint density at radius 3 is 2.54 bits per heavy atom. The summed E-state index contributed by atoms with van der Waals surface area (Å²) in [7, 11) is 0. The lowest BCUT2D eigenvalue weighted by molar-refractivity contribution is 0.475. The lowest BCUT2D eigenvalue weighted by Gasteiger charge is -2.02. The number of anilines is 2. The zero-order chi connectivity index (χ0) is 9.10. The zero-order valence-electron chi connectivity index (χ0n) is 6.86. The first-order valence-electron chi connectivity index (χ1n) is 3.90. The molecule has 0 aliphatic carbocycles. The molecule has 0 aliphatic heterocycles. The van der Waals surface area contributed by atoms with Crippen molar-refractivity contribution in [2.24, 2.45) is 0 Å². The zero-order valence-corrected chi connectivity index (χ0v) is 6.86. The minimum atomic E-state index is 0.259. The first kappa shape index (κ1) is 7.67. The van der Waals surface area contributed by atoms with Gasteiger partial charge in [-0.3, -0.25) is 5.10 Å². The Morgan fingerprint density at radius 1 is 1.15 bits per heavy atom. The predicted octanol–water partition coefficient (Wildman–Crippen LogP) is 1.86. The summed E-state index contributed by atoms with van der Waals surface area (Å²) in [5, 5.41) is 18.7. The summed E-state index contributed by atoms with van der Waals surface area (Å²) in [6.07, 6.45) is 1.67. The van der Waals surface area contributed by atoms with Crippen LogP contribution < -0.4 is 5.32 Å². The number of phenolic OH excluding ortho intramolecular Hbond substituents is 1. The summed E-state index contributed by atoms with van der Waals surface area (Å²) in [5.41, 5.74) is 0.905. The van der Waals surface area contributed by atoms with E-state index >= 15 is 0 Å². The molecule has 0 radical (unpaired) electrons. The molecular formula is C9H9N3O. The molecule has 0 saturated carbocycles. The van der Waals surface area contributed by atoms with Crippen LogP contribution in [0.5, 0.6) is 5.75 Å². The monoisotopic (exact) mass is 175 g/mol. The summed E-state index contributed by atoms with van der Waals surface area (Å²) < 4.78 is 0. The van der Waals surface area contributed by atoms with Crippen LogP contribution in [0.4, 0.5) is 11.5 Å². The molecule has 0 spiro atoms. The SMILES string of the molecule is Oc1ccc(Nc2ccn[nH]2)cc1. The molecule has 66 valence electrons. The van der Waals surface area contributed by atoms with Crippen LogP contribution in [0.25, 0.3) is 0 Å². The highest BCUT2D eigenvalue weighted by molar-refractivity contribution is 5.56. The number of aromatic hydroxyl groups is 1. The van der Waals surface area contributed by atoms with Crippen LogP contribution >= 0.6 is 0 Å². The molecule has 2 aromatic rings. The van der Waals surface area contributed by atoms with Crippen molar-refractivity contribution in [3.05, 3.63) is 36.5 Å². The number of phenols is 1. The van der Waals surface area contributed by atoms with Crippen LogP contribution in [0.2, 0.25) is 0 Å². The van der Waals surface area contributed by atoms with E-state index in [1.165, 1.54) is 0 Å². The highest BCUT2D eigenvalue weighted by Gasteiger charge is 1.94. The van der Waals surface area contributed by atoms with Crippen molar-refractivity contribution >= 4 is 11.5 Å². The molecule has 4 nitrogen and oxygen atoms in total. The Hall–Kier alpha value is -1.97. The van der Waals surface area contributed by atoms with E-state index in [1.54, 1.807) is 30.5 Å². The Kier molecular flexibility index (Phi) is 1.88. The maximum Gasteiger partial charge on any atom is 0.125 e. The van der Waals surface area contributed by atoms with Gasteiger partial charge in [0, 0.05) is 11.8 Å². The fraction of sp³-hybridized carbons (Fsp3) is 0. The second-order valence-corrected chi connectivity index (χ2v) is 2.64. The average molecular weight is 175 g/mol. The number of rotatable bonds is 2. The van der Waals surface area contributed by atoms with Crippen LogP contribution in [0, 0.1) is 0 Å². The fourth-order valence-corrected chi connectivity index (χ4v) is 1.03. The number of nitrogens with one attached hydrogen (secondary N) is 2. The van der Waals surface area contributed by atoms with E-state index in [0.29, 0.717) is 0 Å². The van der Waals surface area contributed by atoms with Gasteiger partial charge < -0.3 is 10.4 Å². The molecule has 13 heavy (non-hydrogen) atoms. The first-order valence-corrected chi connectivity index (χ1v) is 3.90. The second kappa shape index (κ2) is 3.18. The predicted molar refractivity (Wildman–Crippen MR) is 50.0 cm³/mol. The summed E-state index contributed by atoms with van der Waals surface area (Å²) in [6, 6.07) is 8.65. The summed E-state index contributed by atoms with van der Waals surface area (Å²) in [5.74, 6) is 1.08. The third-order valence-corrected chi connectivity index (χ3v) is 1.65. The number of nitrogens with zero attached hydrogens (tertiary/aromatic N) is 1. The second-order valence-electron chi connectivity index (χ2n) is 2.64. The lowest BCUT2D eigenvalue weighted by Crippen LogP contribution is -1.89. The van der Waals surface area contributed by atoms with Gasteiger partial charge in [0.15, 0.2) is 0 Å². The fourth-order valence-electron chi connectivity index (χ4n) is 1.03. The van der Waals surface area contributed by atoms with E-state index in [0.717, 1.165) is 11.5 Å². The Labute approximate surface area is 75.2 Å². The molecule has 0 amide bonds. The molecule has 0 unspecified atom stereocenters. The third kappa shape index (κ3) is 1.79. The lowest BCUT2D eigenvalue weighted by atomic mass is 10.3. The van der Waals surface area contributed by atoms with Gasteiger partial charge in [-0.25, -0.2) is 0 Å². The molecule has 0 aliphatic rings. The van der Waals surface area contributed by atoms with Crippen molar-refractivity contribution in [3.8, 4) is 5.75 Å². The summed E-state index contributed by atoms with van der Waals surface area (Å²) >= 11 is 0. The number of aromatic nitrogens is 2. The standard InChI is InChI=1S/C9H9N3O/c13-8-3-1-7(2-4-8)11-9-5-6-10-12-9/h1-6,13H,(H2,10,11,12). The van der Waals surface area contributed by atoms with Gasteiger partial charge in [0.2, 0.25) is 0 Å². The smallest absolute Gasteiger partial charge is 0.125 e. The van der Waals surface area contributed by atoms with Gasteiger partial charge in [-0.05, 0) is 24.3 Å². The highest BCUT2D eigenvalue weighted by Crippen LogP contribution is 2.16. The maximum atomic E-state index is 9.03. The summed E-state index contributed by atoms with van der Waals surface area (Å²) in [6.45, 7) is 0. The molecule has 4 heteroatoms. The van der Waals surface area contributed by atoms with E-state index in [-0.39, 0.29) is 5.75 Å². The Balaban J connectivity index is 2.15. The van der Waals surface area contributed by atoms with E-state index < -0.39 is 0 Å². The van der Waals surface area contributed by atoms with Crippen molar-refractivity contribution in [3.63, 3.8) is 0 Å². The van der Waals surface area contributed by atoms with Crippen LogP contribution in [0.15, 0.2) is 36.5 Å². The molecule has 2 rings (SSSR count). The maximum absolute atomic E-state index is 9.03. The van der Waals surface area contributed by atoms with Gasteiger partial charge in [-0.2, -0.15) is 5.10 Å². The van der Waals surface area contributed by atoms with Crippen molar-refractivity contribution in [2.75, 3.05) is 5.32 Å². The van der Waals surface area contributed by atoms with Crippen LogP contribution in [-0.4, -0.2) is 15.3 Å².